The van der Waals surface area contributed by atoms with Gasteiger partial charge in [-0.05, 0) is 36.1 Å². The average Bonchev–Trinajstić information content (AvgIpc) is 2.46. The van der Waals surface area contributed by atoms with E-state index in [1.165, 1.54) is 20.9 Å². The molecular formula is C18H20S. The maximum Gasteiger partial charge on any atom is 0.0152 e. The third-order valence-electron chi connectivity index (χ3n) is 3.10. The van der Waals surface area contributed by atoms with Gasteiger partial charge in [-0.15, -0.1) is 0 Å². The molecule has 19 heavy (non-hydrogen) atoms. The highest BCUT2D eigenvalue weighted by Gasteiger charge is 2.04. The van der Waals surface area contributed by atoms with Gasteiger partial charge in [0, 0.05) is 9.80 Å². The van der Waals surface area contributed by atoms with E-state index in [-0.39, 0.29) is 0 Å². The number of benzene rings is 2. The van der Waals surface area contributed by atoms with E-state index in [0.29, 0.717) is 5.92 Å². The van der Waals surface area contributed by atoms with Gasteiger partial charge < -0.3 is 0 Å². The zero-order valence-electron chi connectivity index (χ0n) is 11.8. The van der Waals surface area contributed by atoms with Crippen LogP contribution < -0.4 is 0 Å². The number of thioether (sulfide) groups is 1. The fraction of sp³-hybridized carbons (Fsp3) is 0.222. The Hall–Kier alpha value is -1.47. The van der Waals surface area contributed by atoms with Crippen molar-refractivity contribution in [3.8, 4) is 0 Å². The minimum absolute atomic E-state index is 0.592. The summed E-state index contributed by atoms with van der Waals surface area (Å²) in [5.41, 5.74) is 2.68. The number of hydrogen-bond acceptors (Lipinski definition) is 1. The SMILES string of the molecule is C/C=C(\Sc1ccc(C(C)C)cc1)c1ccccc1. The molecule has 2 rings (SSSR count). The third-order valence-corrected chi connectivity index (χ3v) is 4.29. The Morgan fingerprint density at radius 1 is 0.947 bits per heavy atom. The second kappa shape index (κ2) is 6.63. The van der Waals surface area contributed by atoms with Crippen LogP contribution in [0.3, 0.4) is 0 Å². The zero-order chi connectivity index (χ0) is 13.7. The Kier molecular flexibility index (Phi) is 4.86. The summed E-state index contributed by atoms with van der Waals surface area (Å²) in [5, 5.41) is 0. The van der Waals surface area contributed by atoms with Gasteiger partial charge in [0.25, 0.3) is 0 Å². The topological polar surface area (TPSA) is 0 Å². The van der Waals surface area contributed by atoms with Crippen LogP contribution in [0.15, 0.2) is 65.6 Å². The molecule has 2 aromatic rings. The van der Waals surface area contributed by atoms with Crippen molar-refractivity contribution in [2.24, 2.45) is 0 Å². The monoisotopic (exact) mass is 268 g/mol. The zero-order valence-corrected chi connectivity index (χ0v) is 12.6. The van der Waals surface area contributed by atoms with E-state index in [4.69, 9.17) is 0 Å². The van der Waals surface area contributed by atoms with Gasteiger partial charge in [0.2, 0.25) is 0 Å². The van der Waals surface area contributed by atoms with Crippen molar-refractivity contribution in [1.29, 1.82) is 0 Å². The van der Waals surface area contributed by atoms with E-state index in [9.17, 15) is 0 Å². The number of hydrogen-bond donors (Lipinski definition) is 0. The van der Waals surface area contributed by atoms with Crippen LogP contribution in [0.5, 0.6) is 0 Å². The van der Waals surface area contributed by atoms with Crippen molar-refractivity contribution in [3.63, 3.8) is 0 Å². The van der Waals surface area contributed by atoms with Crippen LogP contribution in [0.1, 0.15) is 37.8 Å². The molecule has 0 N–H and O–H groups in total. The first-order chi connectivity index (χ1) is 9.20. The molecule has 0 fully saturated rings. The van der Waals surface area contributed by atoms with E-state index in [0.717, 1.165) is 0 Å². The molecule has 0 atom stereocenters. The van der Waals surface area contributed by atoms with Crippen LogP contribution in [0.4, 0.5) is 0 Å². The molecule has 0 amide bonds. The molecule has 0 saturated heterocycles. The Morgan fingerprint density at radius 2 is 1.58 bits per heavy atom. The first kappa shape index (κ1) is 14.0. The predicted molar refractivity (Wildman–Crippen MR) is 86.5 cm³/mol. The molecule has 0 saturated carbocycles. The van der Waals surface area contributed by atoms with Crippen molar-refractivity contribution in [2.75, 3.05) is 0 Å². The maximum atomic E-state index is 2.23. The molecule has 0 aliphatic heterocycles. The Labute approximate surface area is 120 Å². The van der Waals surface area contributed by atoms with Crippen LogP contribution in [0.2, 0.25) is 0 Å². The third kappa shape index (κ3) is 3.74. The second-order valence-electron chi connectivity index (χ2n) is 4.84. The van der Waals surface area contributed by atoms with Crippen LogP contribution in [-0.2, 0) is 0 Å². The second-order valence-corrected chi connectivity index (χ2v) is 5.96. The van der Waals surface area contributed by atoms with Gasteiger partial charge in [-0.25, -0.2) is 0 Å². The maximum absolute atomic E-state index is 2.23. The quantitative estimate of drug-likeness (QED) is 0.616. The molecule has 0 spiro atoms. The largest absolute Gasteiger partial charge is 0.0898 e. The smallest absolute Gasteiger partial charge is 0.0152 e. The Morgan fingerprint density at radius 3 is 2.11 bits per heavy atom. The van der Waals surface area contributed by atoms with Crippen molar-refractivity contribution < 1.29 is 0 Å². The summed E-state index contributed by atoms with van der Waals surface area (Å²) in [6.45, 7) is 6.55. The molecule has 0 heterocycles. The lowest BCUT2D eigenvalue weighted by molar-refractivity contribution is 0.865. The molecule has 0 aliphatic carbocycles. The molecule has 0 aromatic heterocycles. The molecule has 0 aliphatic rings. The van der Waals surface area contributed by atoms with Crippen molar-refractivity contribution >= 4 is 16.7 Å². The van der Waals surface area contributed by atoms with Crippen molar-refractivity contribution in [2.45, 2.75) is 31.6 Å². The summed E-state index contributed by atoms with van der Waals surface area (Å²) in [7, 11) is 0. The summed E-state index contributed by atoms with van der Waals surface area (Å²) in [6.07, 6.45) is 2.18. The molecule has 2 aromatic carbocycles. The minimum atomic E-state index is 0.592. The molecule has 0 radical (unpaired) electrons. The van der Waals surface area contributed by atoms with Crippen LogP contribution >= 0.6 is 11.8 Å². The van der Waals surface area contributed by atoms with Crippen LogP contribution in [0, 0.1) is 0 Å². The van der Waals surface area contributed by atoms with Gasteiger partial charge in [0.05, 0.1) is 0 Å². The summed E-state index contributed by atoms with van der Waals surface area (Å²) in [6, 6.07) is 19.4. The van der Waals surface area contributed by atoms with E-state index in [1.54, 1.807) is 0 Å². The highest BCUT2D eigenvalue weighted by molar-refractivity contribution is 8.08. The average molecular weight is 268 g/mol. The standard InChI is InChI=1S/C18H20S/c1-4-18(16-8-6-5-7-9-16)19-17-12-10-15(11-13-17)14(2)3/h4-14H,1-3H3/b18-4-. The molecule has 98 valence electrons. The van der Waals surface area contributed by atoms with Gasteiger partial charge in [-0.3, -0.25) is 0 Å². The summed E-state index contributed by atoms with van der Waals surface area (Å²) in [4.78, 5) is 2.60. The van der Waals surface area contributed by atoms with Crippen molar-refractivity contribution in [3.05, 3.63) is 71.8 Å². The van der Waals surface area contributed by atoms with Gasteiger partial charge in [-0.1, -0.05) is 74.1 Å². The highest BCUT2D eigenvalue weighted by atomic mass is 32.2. The van der Waals surface area contributed by atoms with Gasteiger partial charge >= 0.3 is 0 Å². The minimum Gasteiger partial charge on any atom is -0.0898 e. The molecule has 0 bridgehead atoms. The fourth-order valence-electron chi connectivity index (χ4n) is 1.93. The Balaban J connectivity index is 2.16. The van der Waals surface area contributed by atoms with E-state index >= 15 is 0 Å². The first-order valence-electron chi connectivity index (χ1n) is 6.70. The normalized spacial score (nSPS) is 11.9. The number of rotatable bonds is 4. The van der Waals surface area contributed by atoms with Crippen molar-refractivity contribution in [1.82, 2.24) is 0 Å². The number of allylic oxidation sites excluding steroid dienone is 1. The summed E-state index contributed by atoms with van der Waals surface area (Å²) >= 11 is 1.82. The summed E-state index contributed by atoms with van der Waals surface area (Å²) in [5.74, 6) is 0.592. The molecule has 0 nitrogen and oxygen atoms in total. The van der Waals surface area contributed by atoms with E-state index in [1.807, 2.05) is 11.8 Å². The van der Waals surface area contributed by atoms with E-state index < -0.39 is 0 Å². The van der Waals surface area contributed by atoms with E-state index in [2.05, 4.69) is 81.4 Å². The summed E-state index contributed by atoms with van der Waals surface area (Å²) < 4.78 is 0. The molecule has 1 heteroatoms. The molecular weight excluding hydrogens is 248 g/mol. The van der Waals surface area contributed by atoms with Crippen LogP contribution in [-0.4, -0.2) is 0 Å². The highest BCUT2D eigenvalue weighted by Crippen LogP contribution is 2.34. The predicted octanol–water partition coefficient (Wildman–Crippen LogP) is 5.96. The van der Waals surface area contributed by atoms with Gasteiger partial charge in [0.15, 0.2) is 0 Å². The lowest BCUT2D eigenvalue weighted by atomic mass is 10.0. The van der Waals surface area contributed by atoms with Crippen LogP contribution in [0.25, 0.3) is 4.91 Å². The Bertz CT molecular complexity index is 536. The first-order valence-corrected chi connectivity index (χ1v) is 7.52. The molecule has 0 unspecified atom stereocenters. The van der Waals surface area contributed by atoms with Gasteiger partial charge in [-0.2, -0.15) is 0 Å². The lowest BCUT2D eigenvalue weighted by Crippen LogP contribution is -1.86. The fourth-order valence-corrected chi connectivity index (χ4v) is 2.83. The van der Waals surface area contributed by atoms with Gasteiger partial charge in [0.1, 0.15) is 0 Å². The lowest BCUT2D eigenvalue weighted by Gasteiger charge is -2.09.